The summed E-state index contributed by atoms with van der Waals surface area (Å²) in [6.07, 6.45) is 3.79. The molecule has 0 saturated heterocycles. The van der Waals surface area contributed by atoms with Crippen molar-refractivity contribution in [2.45, 2.75) is 19.0 Å². The topological polar surface area (TPSA) is 51.2 Å². The van der Waals surface area contributed by atoms with Crippen LogP contribution in [0.15, 0.2) is 17.9 Å². The Kier molecular flexibility index (Phi) is 2.49. The first-order chi connectivity index (χ1) is 9.36. The van der Waals surface area contributed by atoms with E-state index in [1.807, 2.05) is 11.6 Å². The van der Waals surface area contributed by atoms with Crippen LogP contribution in [0.2, 0.25) is 0 Å². The van der Waals surface area contributed by atoms with Crippen molar-refractivity contribution in [3.63, 3.8) is 0 Å². The maximum Gasteiger partial charge on any atom is 0.195 e. The summed E-state index contributed by atoms with van der Waals surface area (Å²) in [7, 11) is 0. The van der Waals surface area contributed by atoms with Crippen LogP contribution in [-0.2, 0) is 19.0 Å². The van der Waals surface area contributed by atoms with Crippen molar-refractivity contribution < 1.29 is 0 Å². The number of aromatic nitrogens is 5. The van der Waals surface area contributed by atoms with Crippen molar-refractivity contribution in [3.8, 4) is 0 Å². The first kappa shape index (κ1) is 11.2. The van der Waals surface area contributed by atoms with E-state index in [0.717, 1.165) is 41.9 Å². The Hall–Kier alpha value is -1.60. The molecule has 1 aliphatic rings. The summed E-state index contributed by atoms with van der Waals surface area (Å²) < 4.78 is 4.14. The fraction of sp³-hybridized carbons (Fsp3) is 0.364. The van der Waals surface area contributed by atoms with Crippen LogP contribution < -0.4 is 4.90 Å². The SMILES string of the molecule is ClCc1c(N2CCn3cnnc3C2)nc2sccn12. The number of anilines is 1. The molecule has 19 heavy (non-hydrogen) atoms. The van der Waals surface area contributed by atoms with E-state index in [1.54, 1.807) is 17.7 Å². The number of hydrogen-bond acceptors (Lipinski definition) is 5. The van der Waals surface area contributed by atoms with Gasteiger partial charge in [-0.2, -0.15) is 0 Å². The lowest BCUT2D eigenvalue weighted by atomic mass is 10.3. The highest BCUT2D eigenvalue weighted by Gasteiger charge is 2.23. The molecule has 1 aliphatic heterocycles. The lowest BCUT2D eigenvalue weighted by molar-refractivity contribution is 0.556. The quantitative estimate of drug-likeness (QED) is 0.676. The molecule has 0 aromatic carbocycles. The molecule has 6 nitrogen and oxygen atoms in total. The van der Waals surface area contributed by atoms with Crippen molar-refractivity contribution in [3.05, 3.63) is 29.4 Å². The summed E-state index contributed by atoms with van der Waals surface area (Å²) >= 11 is 7.71. The van der Waals surface area contributed by atoms with Gasteiger partial charge in [-0.25, -0.2) is 4.98 Å². The molecule has 0 radical (unpaired) electrons. The molecule has 8 heteroatoms. The van der Waals surface area contributed by atoms with Crippen molar-refractivity contribution >= 4 is 33.7 Å². The maximum atomic E-state index is 6.09. The summed E-state index contributed by atoms with van der Waals surface area (Å²) in [6, 6.07) is 0. The van der Waals surface area contributed by atoms with Gasteiger partial charge in [0.05, 0.1) is 18.1 Å². The first-order valence-corrected chi connectivity index (χ1v) is 7.40. The van der Waals surface area contributed by atoms with E-state index in [2.05, 4.69) is 29.0 Å². The Balaban J connectivity index is 1.77. The number of fused-ring (bicyclic) bond motifs is 2. The van der Waals surface area contributed by atoms with Crippen LogP contribution in [0.1, 0.15) is 11.5 Å². The Morgan fingerprint density at radius 3 is 3.21 bits per heavy atom. The highest BCUT2D eigenvalue weighted by Crippen LogP contribution is 2.28. The summed E-state index contributed by atoms with van der Waals surface area (Å²) in [5, 5.41) is 10.1. The van der Waals surface area contributed by atoms with Gasteiger partial charge in [0.15, 0.2) is 16.6 Å². The van der Waals surface area contributed by atoms with Gasteiger partial charge >= 0.3 is 0 Å². The molecule has 0 amide bonds. The summed E-state index contributed by atoms with van der Waals surface area (Å²) in [6.45, 7) is 2.52. The molecule has 0 bridgehead atoms. The molecule has 0 unspecified atom stereocenters. The average Bonchev–Trinajstić information content (AvgIpc) is 3.12. The summed E-state index contributed by atoms with van der Waals surface area (Å²) in [5.74, 6) is 2.40. The lowest BCUT2D eigenvalue weighted by Gasteiger charge is -2.27. The fourth-order valence-corrected chi connectivity index (χ4v) is 3.42. The van der Waals surface area contributed by atoms with E-state index in [-0.39, 0.29) is 0 Å². The zero-order valence-corrected chi connectivity index (χ0v) is 11.6. The number of thiazole rings is 1. The molecular weight excluding hydrogens is 284 g/mol. The second kappa shape index (κ2) is 4.21. The van der Waals surface area contributed by atoms with Crippen LogP contribution in [0.4, 0.5) is 5.82 Å². The van der Waals surface area contributed by atoms with E-state index in [9.17, 15) is 0 Å². The smallest absolute Gasteiger partial charge is 0.195 e. The van der Waals surface area contributed by atoms with Crippen molar-refractivity contribution in [1.82, 2.24) is 24.1 Å². The fourth-order valence-electron chi connectivity index (χ4n) is 2.45. The highest BCUT2D eigenvalue weighted by molar-refractivity contribution is 7.15. The molecule has 0 atom stereocenters. The van der Waals surface area contributed by atoms with Gasteiger partial charge in [0.25, 0.3) is 0 Å². The number of halogens is 1. The third-order valence-electron chi connectivity index (χ3n) is 3.40. The largest absolute Gasteiger partial charge is 0.346 e. The zero-order chi connectivity index (χ0) is 12.8. The van der Waals surface area contributed by atoms with Gasteiger partial charge in [-0.1, -0.05) is 0 Å². The van der Waals surface area contributed by atoms with Crippen molar-refractivity contribution in [2.24, 2.45) is 0 Å². The van der Waals surface area contributed by atoms with Gasteiger partial charge in [-0.05, 0) is 0 Å². The molecule has 0 fully saturated rings. The van der Waals surface area contributed by atoms with E-state index in [4.69, 9.17) is 11.6 Å². The van der Waals surface area contributed by atoms with Crippen molar-refractivity contribution in [1.29, 1.82) is 0 Å². The predicted octanol–water partition coefficient (Wildman–Crippen LogP) is 1.75. The van der Waals surface area contributed by atoms with Gasteiger partial charge in [-0.3, -0.25) is 4.40 Å². The molecule has 0 aliphatic carbocycles. The molecule has 98 valence electrons. The van der Waals surface area contributed by atoms with Crippen molar-refractivity contribution in [2.75, 3.05) is 11.4 Å². The first-order valence-electron chi connectivity index (χ1n) is 5.99. The van der Waals surface area contributed by atoms with Gasteiger partial charge in [0, 0.05) is 24.7 Å². The van der Waals surface area contributed by atoms with Crippen LogP contribution in [0.3, 0.4) is 0 Å². The Morgan fingerprint density at radius 2 is 2.32 bits per heavy atom. The second-order valence-electron chi connectivity index (χ2n) is 4.43. The normalized spacial score (nSPS) is 15.1. The third kappa shape index (κ3) is 1.65. The van der Waals surface area contributed by atoms with Gasteiger partial charge in [0.1, 0.15) is 6.33 Å². The molecule has 0 N–H and O–H groups in total. The minimum absolute atomic E-state index is 0.455. The van der Waals surface area contributed by atoms with Crippen LogP contribution in [0, 0.1) is 0 Å². The molecule has 3 aromatic heterocycles. The number of rotatable bonds is 2. The van der Waals surface area contributed by atoms with E-state index in [1.165, 1.54) is 0 Å². The average molecular weight is 295 g/mol. The van der Waals surface area contributed by atoms with E-state index in [0.29, 0.717) is 5.88 Å². The molecule has 0 spiro atoms. The second-order valence-corrected chi connectivity index (χ2v) is 5.57. The molecule has 0 saturated carbocycles. The number of nitrogens with zero attached hydrogens (tertiary/aromatic N) is 6. The van der Waals surface area contributed by atoms with Gasteiger partial charge < -0.3 is 9.47 Å². The van der Waals surface area contributed by atoms with Crippen LogP contribution in [-0.4, -0.2) is 30.7 Å². The molecular formula is C11H11ClN6S. The zero-order valence-electron chi connectivity index (χ0n) is 10.0. The number of hydrogen-bond donors (Lipinski definition) is 0. The monoisotopic (exact) mass is 294 g/mol. The van der Waals surface area contributed by atoms with Crippen LogP contribution in [0.5, 0.6) is 0 Å². The summed E-state index contributed by atoms with van der Waals surface area (Å²) in [5.41, 5.74) is 1.05. The molecule has 4 heterocycles. The van der Waals surface area contributed by atoms with Gasteiger partial charge in [0.2, 0.25) is 0 Å². The lowest BCUT2D eigenvalue weighted by Crippen LogP contribution is -2.34. The predicted molar refractivity (Wildman–Crippen MR) is 73.7 cm³/mol. The number of alkyl halides is 1. The van der Waals surface area contributed by atoms with E-state index >= 15 is 0 Å². The van der Waals surface area contributed by atoms with Crippen LogP contribution in [0.25, 0.3) is 4.96 Å². The Bertz CT molecular complexity index is 729. The Morgan fingerprint density at radius 1 is 1.37 bits per heavy atom. The van der Waals surface area contributed by atoms with Gasteiger partial charge in [-0.15, -0.1) is 33.1 Å². The Labute approximate surface area is 118 Å². The minimum atomic E-state index is 0.455. The third-order valence-corrected chi connectivity index (χ3v) is 4.41. The highest BCUT2D eigenvalue weighted by atomic mass is 35.5. The van der Waals surface area contributed by atoms with Crippen LogP contribution >= 0.6 is 22.9 Å². The number of imidazole rings is 1. The molecule has 4 rings (SSSR count). The standard InChI is InChI=1S/C11H11ClN6S/c12-5-8-10(14-11-18(8)3-4-19-11)16-1-2-17-7-13-15-9(17)6-16/h3-4,7H,1-2,5-6H2. The summed E-state index contributed by atoms with van der Waals surface area (Å²) in [4.78, 5) is 7.90. The maximum absolute atomic E-state index is 6.09. The van der Waals surface area contributed by atoms with E-state index < -0.39 is 0 Å². The minimum Gasteiger partial charge on any atom is -0.346 e. The molecule has 3 aromatic rings.